The van der Waals surface area contributed by atoms with Gasteiger partial charge < -0.3 is 10.1 Å². The molecule has 0 bridgehead atoms. The highest BCUT2D eigenvalue weighted by Crippen LogP contribution is 2.18. The van der Waals surface area contributed by atoms with E-state index >= 15 is 0 Å². The second kappa shape index (κ2) is 8.13. The van der Waals surface area contributed by atoms with Crippen molar-refractivity contribution in [3.8, 4) is 5.75 Å². The van der Waals surface area contributed by atoms with Crippen LogP contribution in [-0.2, 0) is 17.9 Å². The van der Waals surface area contributed by atoms with E-state index in [1.54, 1.807) is 18.4 Å². The highest BCUT2D eigenvalue weighted by Gasteiger charge is 2.18. The van der Waals surface area contributed by atoms with Crippen LogP contribution in [0.15, 0.2) is 35.7 Å². The maximum absolute atomic E-state index is 12.3. The largest absolute Gasteiger partial charge is 0.497 e. The quantitative estimate of drug-likeness (QED) is 0.846. The number of ether oxygens (including phenoxy) is 1. The molecule has 0 unspecified atom stereocenters. The maximum atomic E-state index is 12.3. The third kappa shape index (κ3) is 4.81. The Balaban J connectivity index is 1.85. The number of hydrogen-bond donors (Lipinski definition) is 1. The molecule has 1 amide bonds. The van der Waals surface area contributed by atoms with Crippen LogP contribution >= 0.6 is 11.3 Å². The average molecular weight is 332 g/mol. The fraction of sp³-hybridized carbons (Fsp3) is 0.389. The van der Waals surface area contributed by atoms with E-state index in [-0.39, 0.29) is 11.9 Å². The molecule has 0 spiro atoms. The number of benzene rings is 1. The van der Waals surface area contributed by atoms with Gasteiger partial charge in [0.15, 0.2) is 0 Å². The molecular weight excluding hydrogens is 308 g/mol. The highest BCUT2D eigenvalue weighted by atomic mass is 32.1. The van der Waals surface area contributed by atoms with Gasteiger partial charge in [-0.05, 0) is 55.6 Å². The highest BCUT2D eigenvalue weighted by molar-refractivity contribution is 7.10. The second-order valence-electron chi connectivity index (χ2n) is 5.68. The summed E-state index contributed by atoms with van der Waals surface area (Å²) in [6.45, 7) is 5.36. The molecule has 5 heteroatoms. The van der Waals surface area contributed by atoms with Crippen LogP contribution in [-0.4, -0.2) is 31.0 Å². The molecule has 124 valence electrons. The molecule has 2 rings (SSSR count). The van der Waals surface area contributed by atoms with Crippen LogP contribution in [0.3, 0.4) is 0 Å². The van der Waals surface area contributed by atoms with E-state index in [1.165, 1.54) is 10.4 Å². The minimum absolute atomic E-state index is 0.0394. The Labute approximate surface area is 142 Å². The second-order valence-corrected chi connectivity index (χ2v) is 6.68. The van der Waals surface area contributed by atoms with Crippen LogP contribution in [0.5, 0.6) is 5.75 Å². The zero-order valence-corrected chi connectivity index (χ0v) is 14.9. The van der Waals surface area contributed by atoms with Crippen molar-refractivity contribution in [2.45, 2.75) is 33.0 Å². The van der Waals surface area contributed by atoms with Crippen LogP contribution in [0.2, 0.25) is 0 Å². The summed E-state index contributed by atoms with van der Waals surface area (Å²) in [6.07, 6.45) is 0. The van der Waals surface area contributed by atoms with Gasteiger partial charge in [0.25, 0.3) is 0 Å². The summed E-state index contributed by atoms with van der Waals surface area (Å²) in [5, 5.41) is 5.08. The zero-order valence-electron chi connectivity index (χ0n) is 14.1. The van der Waals surface area contributed by atoms with Crippen LogP contribution < -0.4 is 10.1 Å². The molecular formula is C18H24N2O2S. The van der Waals surface area contributed by atoms with Crippen LogP contribution in [0, 0.1) is 6.92 Å². The van der Waals surface area contributed by atoms with Crippen molar-refractivity contribution in [3.63, 3.8) is 0 Å². The molecule has 0 saturated carbocycles. The van der Waals surface area contributed by atoms with Gasteiger partial charge in [-0.3, -0.25) is 9.69 Å². The number of nitrogens with one attached hydrogen (secondary N) is 1. The molecule has 2 aromatic rings. The minimum atomic E-state index is -0.172. The number of nitrogens with zero attached hydrogens (tertiary/aromatic N) is 1. The average Bonchev–Trinajstić information content (AvgIpc) is 2.97. The first kappa shape index (κ1) is 17.5. The van der Waals surface area contributed by atoms with E-state index in [0.29, 0.717) is 6.54 Å². The number of amides is 1. The van der Waals surface area contributed by atoms with Gasteiger partial charge in [0.2, 0.25) is 5.91 Å². The monoisotopic (exact) mass is 332 g/mol. The lowest BCUT2D eigenvalue weighted by Gasteiger charge is -2.23. The Morgan fingerprint density at radius 3 is 2.57 bits per heavy atom. The van der Waals surface area contributed by atoms with Gasteiger partial charge in [-0.2, -0.15) is 0 Å². The molecule has 1 atom stereocenters. The Bertz CT molecular complexity index is 637. The number of aryl methyl sites for hydroxylation is 1. The van der Waals surface area contributed by atoms with Gasteiger partial charge in [0.05, 0.1) is 13.2 Å². The topological polar surface area (TPSA) is 41.6 Å². The number of rotatable bonds is 7. The van der Waals surface area contributed by atoms with Crippen molar-refractivity contribution in [2.75, 3.05) is 14.2 Å². The van der Waals surface area contributed by atoms with E-state index in [0.717, 1.165) is 17.9 Å². The molecule has 1 N–H and O–H groups in total. The summed E-state index contributed by atoms with van der Waals surface area (Å²) in [7, 11) is 3.63. The van der Waals surface area contributed by atoms with Gasteiger partial charge in [0.1, 0.15) is 5.75 Å². The summed E-state index contributed by atoms with van der Waals surface area (Å²) < 4.78 is 5.13. The van der Waals surface area contributed by atoms with E-state index in [4.69, 9.17) is 4.74 Å². The third-order valence-corrected chi connectivity index (χ3v) is 5.04. The molecule has 4 nitrogen and oxygen atoms in total. The van der Waals surface area contributed by atoms with Crippen molar-refractivity contribution < 1.29 is 9.53 Å². The van der Waals surface area contributed by atoms with Crippen LogP contribution in [0.4, 0.5) is 0 Å². The summed E-state index contributed by atoms with van der Waals surface area (Å²) in [6, 6.07) is 9.66. The lowest BCUT2D eigenvalue weighted by atomic mass is 10.2. The number of methoxy groups -OCH3 is 1. The Hall–Kier alpha value is -1.85. The Morgan fingerprint density at radius 2 is 2.00 bits per heavy atom. The SMILES string of the molecule is COc1ccc(CNC(=O)[C@H](C)N(C)Cc2sccc2C)cc1. The van der Waals surface area contributed by atoms with E-state index in [1.807, 2.05) is 38.2 Å². The first-order valence-corrected chi connectivity index (χ1v) is 8.53. The zero-order chi connectivity index (χ0) is 16.8. The summed E-state index contributed by atoms with van der Waals surface area (Å²) >= 11 is 1.74. The lowest BCUT2D eigenvalue weighted by molar-refractivity contribution is -0.125. The summed E-state index contributed by atoms with van der Waals surface area (Å²) in [5.41, 5.74) is 2.34. The molecule has 0 aliphatic rings. The molecule has 0 aliphatic carbocycles. The first-order valence-electron chi connectivity index (χ1n) is 7.65. The van der Waals surface area contributed by atoms with Gasteiger partial charge in [0, 0.05) is 18.0 Å². The number of thiophene rings is 1. The smallest absolute Gasteiger partial charge is 0.237 e. The minimum Gasteiger partial charge on any atom is -0.497 e. The lowest BCUT2D eigenvalue weighted by Crippen LogP contribution is -2.42. The van der Waals surface area contributed by atoms with Crippen LogP contribution in [0.1, 0.15) is 22.9 Å². The molecule has 0 aliphatic heterocycles. The van der Waals surface area contributed by atoms with Crippen molar-refractivity contribution in [1.82, 2.24) is 10.2 Å². The van der Waals surface area contributed by atoms with Gasteiger partial charge in [-0.15, -0.1) is 11.3 Å². The summed E-state index contributed by atoms with van der Waals surface area (Å²) in [5.74, 6) is 0.858. The first-order chi connectivity index (χ1) is 11.0. The Kier molecular flexibility index (Phi) is 6.19. The fourth-order valence-corrected chi connectivity index (χ4v) is 3.18. The molecule has 1 aromatic heterocycles. The fourth-order valence-electron chi connectivity index (χ4n) is 2.21. The Morgan fingerprint density at radius 1 is 1.30 bits per heavy atom. The van der Waals surface area contributed by atoms with Crippen molar-refractivity contribution in [3.05, 3.63) is 51.7 Å². The predicted molar refractivity (Wildman–Crippen MR) is 94.8 cm³/mol. The van der Waals surface area contributed by atoms with Crippen molar-refractivity contribution in [2.24, 2.45) is 0 Å². The molecule has 0 saturated heterocycles. The number of carbonyl (C=O) groups is 1. The van der Waals surface area contributed by atoms with E-state index in [2.05, 4.69) is 28.6 Å². The number of carbonyl (C=O) groups excluding carboxylic acids is 1. The van der Waals surface area contributed by atoms with Gasteiger partial charge >= 0.3 is 0 Å². The van der Waals surface area contributed by atoms with Crippen molar-refractivity contribution in [1.29, 1.82) is 0 Å². The molecule has 1 aromatic carbocycles. The van der Waals surface area contributed by atoms with Crippen molar-refractivity contribution >= 4 is 17.2 Å². The normalized spacial score (nSPS) is 12.2. The molecule has 0 radical (unpaired) electrons. The maximum Gasteiger partial charge on any atom is 0.237 e. The van der Waals surface area contributed by atoms with E-state index < -0.39 is 0 Å². The standard InChI is InChI=1S/C18H24N2O2S/c1-13-9-10-23-17(13)12-20(3)14(2)18(21)19-11-15-5-7-16(22-4)8-6-15/h5-10,14H,11-12H2,1-4H3,(H,19,21)/t14-/m0/s1. The predicted octanol–water partition coefficient (Wildman–Crippen LogP) is 3.20. The van der Waals surface area contributed by atoms with Gasteiger partial charge in [-0.25, -0.2) is 0 Å². The van der Waals surface area contributed by atoms with Gasteiger partial charge in [-0.1, -0.05) is 12.1 Å². The summed E-state index contributed by atoms with van der Waals surface area (Å²) in [4.78, 5) is 15.7. The van der Waals surface area contributed by atoms with E-state index in [9.17, 15) is 4.79 Å². The number of hydrogen-bond acceptors (Lipinski definition) is 4. The molecule has 23 heavy (non-hydrogen) atoms. The van der Waals surface area contributed by atoms with Crippen LogP contribution in [0.25, 0.3) is 0 Å². The number of likely N-dealkylation sites (N-methyl/N-ethyl adjacent to an activating group) is 1. The third-order valence-electron chi connectivity index (χ3n) is 4.03. The molecule has 1 heterocycles. The molecule has 0 fully saturated rings.